The molecule has 1 fully saturated rings. The van der Waals surface area contributed by atoms with E-state index in [-0.39, 0.29) is 5.91 Å². The minimum Gasteiger partial charge on any atom is -0.343 e. The normalized spacial score (nSPS) is 15.9. The molecule has 5 nitrogen and oxygen atoms in total. The number of amides is 1. The lowest BCUT2D eigenvalue weighted by molar-refractivity contribution is -0.131. The molecule has 2 heterocycles. The molecule has 1 aliphatic heterocycles. The second kappa shape index (κ2) is 8.32. The number of carbonyl (C=O) groups is 1. The first-order valence-corrected chi connectivity index (χ1v) is 8.52. The molecule has 22 heavy (non-hydrogen) atoms. The number of aromatic nitrogens is 2. The molecule has 0 aromatic carbocycles. The van der Waals surface area contributed by atoms with Gasteiger partial charge in [0.05, 0.1) is 17.4 Å². The van der Waals surface area contributed by atoms with Gasteiger partial charge in [-0.25, -0.2) is 9.97 Å². The van der Waals surface area contributed by atoms with Crippen molar-refractivity contribution >= 4 is 23.5 Å². The summed E-state index contributed by atoms with van der Waals surface area (Å²) in [5.74, 6) is 1.67. The molecule has 122 valence electrons. The number of anilines is 1. The van der Waals surface area contributed by atoms with Crippen molar-refractivity contribution in [1.82, 2.24) is 14.9 Å². The van der Waals surface area contributed by atoms with Gasteiger partial charge in [-0.15, -0.1) is 0 Å². The van der Waals surface area contributed by atoms with Gasteiger partial charge in [0, 0.05) is 32.6 Å². The third kappa shape index (κ3) is 4.57. The average Bonchev–Trinajstić information content (AvgIpc) is 2.55. The zero-order chi connectivity index (χ0) is 15.9. The van der Waals surface area contributed by atoms with Crippen LogP contribution in [0.25, 0.3) is 0 Å². The monoisotopic (exact) mass is 324 g/mol. The quantitative estimate of drug-likeness (QED) is 0.807. The zero-order valence-corrected chi connectivity index (χ0v) is 14.2. The molecule has 2 rings (SSSR count). The second-order valence-electron chi connectivity index (χ2n) is 5.74. The maximum absolute atomic E-state index is 12.0. The summed E-state index contributed by atoms with van der Waals surface area (Å²) < 4.78 is 0. The Balaban J connectivity index is 1.75. The maximum atomic E-state index is 12.0. The van der Waals surface area contributed by atoms with Crippen LogP contribution >= 0.6 is 11.6 Å². The van der Waals surface area contributed by atoms with Gasteiger partial charge in [-0.1, -0.05) is 11.6 Å². The number of nitrogens with zero attached hydrogens (tertiary/aromatic N) is 4. The van der Waals surface area contributed by atoms with E-state index in [1.807, 2.05) is 18.7 Å². The molecule has 6 heteroatoms. The molecule has 0 spiro atoms. The molecule has 0 radical (unpaired) electrons. The third-order valence-corrected chi connectivity index (χ3v) is 4.58. The van der Waals surface area contributed by atoms with Crippen molar-refractivity contribution < 1.29 is 4.79 Å². The topological polar surface area (TPSA) is 49.3 Å². The summed E-state index contributed by atoms with van der Waals surface area (Å²) in [6.07, 6.45) is 7.13. The number of halogens is 1. The Morgan fingerprint density at radius 1 is 1.27 bits per heavy atom. The molecular formula is C16H25ClN4O. The number of rotatable bonds is 6. The minimum absolute atomic E-state index is 0.286. The van der Waals surface area contributed by atoms with E-state index in [1.54, 1.807) is 12.4 Å². The van der Waals surface area contributed by atoms with Crippen LogP contribution in [0.3, 0.4) is 0 Å². The summed E-state index contributed by atoms with van der Waals surface area (Å²) in [6, 6.07) is 0. The lowest BCUT2D eigenvalue weighted by Gasteiger charge is -2.32. The van der Waals surface area contributed by atoms with Gasteiger partial charge >= 0.3 is 0 Å². The van der Waals surface area contributed by atoms with E-state index in [4.69, 9.17) is 11.6 Å². The highest BCUT2D eigenvalue weighted by molar-refractivity contribution is 6.30. The molecule has 0 saturated carbocycles. The highest BCUT2D eigenvalue weighted by Gasteiger charge is 2.22. The van der Waals surface area contributed by atoms with Gasteiger partial charge in [-0.05, 0) is 39.0 Å². The van der Waals surface area contributed by atoms with Crippen molar-refractivity contribution in [3.05, 3.63) is 17.4 Å². The van der Waals surface area contributed by atoms with E-state index in [0.717, 1.165) is 51.4 Å². The summed E-state index contributed by atoms with van der Waals surface area (Å²) in [5.41, 5.74) is 0. The molecule has 1 saturated heterocycles. The van der Waals surface area contributed by atoms with Gasteiger partial charge in [0.25, 0.3) is 0 Å². The summed E-state index contributed by atoms with van der Waals surface area (Å²) in [6.45, 7) is 7.58. The Kier molecular flexibility index (Phi) is 6.43. The minimum atomic E-state index is 0.286. The summed E-state index contributed by atoms with van der Waals surface area (Å²) in [5, 5.41) is 0.563. The van der Waals surface area contributed by atoms with Crippen molar-refractivity contribution in [3.8, 4) is 0 Å². The molecule has 1 aromatic rings. The summed E-state index contributed by atoms with van der Waals surface area (Å²) >= 11 is 5.81. The van der Waals surface area contributed by atoms with Gasteiger partial charge in [0.2, 0.25) is 11.9 Å². The summed E-state index contributed by atoms with van der Waals surface area (Å²) in [4.78, 5) is 24.7. The first-order chi connectivity index (χ1) is 10.6. The van der Waals surface area contributed by atoms with E-state index in [2.05, 4.69) is 14.9 Å². The largest absolute Gasteiger partial charge is 0.343 e. The Labute approximate surface area is 137 Å². The van der Waals surface area contributed by atoms with E-state index in [0.29, 0.717) is 17.4 Å². The van der Waals surface area contributed by atoms with Gasteiger partial charge in [-0.3, -0.25) is 4.79 Å². The van der Waals surface area contributed by atoms with Gasteiger partial charge in [-0.2, -0.15) is 0 Å². The van der Waals surface area contributed by atoms with Crippen molar-refractivity contribution in [1.29, 1.82) is 0 Å². The number of piperidine rings is 1. The second-order valence-corrected chi connectivity index (χ2v) is 6.17. The molecule has 0 unspecified atom stereocenters. The van der Waals surface area contributed by atoms with E-state index < -0.39 is 0 Å². The molecule has 1 aromatic heterocycles. The fourth-order valence-electron chi connectivity index (χ4n) is 2.95. The van der Waals surface area contributed by atoms with Crippen molar-refractivity contribution in [2.45, 2.75) is 39.5 Å². The van der Waals surface area contributed by atoms with Crippen LogP contribution in [0, 0.1) is 5.92 Å². The van der Waals surface area contributed by atoms with Gasteiger partial charge in [0.1, 0.15) is 0 Å². The number of carbonyl (C=O) groups excluding carboxylic acids is 1. The molecule has 1 aliphatic rings. The van der Waals surface area contributed by atoms with E-state index in [1.165, 1.54) is 0 Å². The fraction of sp³-hybridized carbons (Fsp3) is 0.688. The van der Waals surface area contributed by atoms with Crippen LogP contribution in [0.2, 0.25) is 5.02 Å². The maximum Gasteiger partial charge on any atom is 0.225 e. The fourth-order valence-corrected chi connectivity index (χ4v) is 3.05. The Bertz CT molecular complexity index is 468. The molecular weight excluding hydrogens is 300 g/mol. The Morgan fingerprint density at radius 2 is 1.86 bits per heavy atom. The predicted molar refractivity (Wildman–Crippen MR) is 89.1 cm³/mol. The average molecular weight is 325 g/mol. The van der Waals surface area contributed by atoms with Crippen LogP contribution in [0.4, 0.5) is 5.95 Å². The van der Waals surface area contributed by atoms with Crippen LogP contribution in [0.15, 0.2) is 12.4 Å². The number of hydrogen-bond acceptors (Lipinski definition) is 4. The van der Waals surface area contributed by atoms with Crippen molar-refractivity contribution in [2.24, 2.45) is 5.92 Å². The molecule has 0 aliphatic carbocycles. The molecule has 0 N–H and O–H groups in total. The van der Waals surface area contributed by atoms with Gasteiger partial charge in [0.15, 0.2) is 0 Å². The molecule has 0 atom stereocenters. The first kappa shape index (κ1) is 17.0. The standard InChI is InChI=1S/C16H25ClN4O/c1-3-20(4-2)15(22)6-5-13-7-9-21(10-8-13)16-18-11-14(17)12-19-16/h11-13H,3-10H2,1-2H3. The van der Waals surface area contributed by atoms with E-state index in [9.17, 15) is 4.79 Å². The van der Waals surface area contributed by atoms with Crippen molar-refractivity contribution in [2.75, 3.05) is 31.1 Å². The first-order valence-electron chi connectivity index (χ1n) is 8.14. The number of hydrogen-bond donors (Lipinski definition) is 0. The van der Waals surface area contributed by atoms with Crippen molar-refractivity contribution in [3.63, 3.8) is 0 Å². The van der Waals surface area contributed by atoms with E-state index >= 15 is 0 Å². The Morgan fingerprint density at radius 3 is 2.41 bits per heavy atom. The van der Waals surface area contributed by atoms with Gasteiger partial charge < -0.3 is 9.80 Å². The SMILES string of the molecule is CCN(CC)C(=O)CCC1CCN(c2ncc(Cl)cn2)CC1. The summed E-state index contributed by atoms with van der Waals surface area (Å²) in [7, 11) is 0. The van der Waals surface area contributed by atoms with Crippen LogP contribution in [0.1, 0.15) is 39.5 Å². The van der Waals surface area contributed by atoms with Crippen LogP contribution < -0.4 is 4.90 Å². The third-order valence-electron chi connectivity index (χ3n) is 4.39. The zero-order valence-electron chi connectivity index (χ0n) is 13.5. The van der Waals surface area contributed by atoms with Crippen LogP contribution in [-0.2, 0) is 4.79 Å². The molecule has 1 amide bonds. The smallest absolute Gasteiger partial charge is 0.225 e. The van der Waals surface area contributed by atoms with Crippen LogP contribution in [0.5, 0.6) is 0 Å². The highest BCUT2D eigenvalue weighted by Crippen LogP contribution is 2.24. The van der Waals surface area contributed by atoms with Crippen LogP contribution in [-0.4, -0.2) is 47.0 Å². The lowest BCUT2D eigenvalue weighted by Crippen LogP contribution is -2.35. The highest BCUT2D eigenvalue weighted by atomic mass is 35.5. The lowest BCUT2D eigenvalue weighted by atomic mass is 9.92. The molecule has 0 bridgehead atoms. The Hall–Kier alpha value is -1.36. The predicted octanol–water partition coefficient (Wildman–Crippen LogP) is 3.00.